The number of anilines is 2. The third-order valence-corrected chi connectivity index (χ3v) is 4.63. The van der Waals surface area contributed by atoms with Gasteiger partial charge in [0.1, 0.15) is 5.75 Å². The van der Waals surface area contributed by atoms with E-state index in [1.54, 1.807) is 12.1 Å². The van der Waals surface area contributed by atoms with E-state index in [0.29, 0.717) is 10.8 Å². The van der Waals surface area contributed by atoms with Gasteiger partial charge < -0.3 is 15.0 Å². The maximum atomic E-state index is 12.3. The van der Waals surface area contributed by atoms with Gasteiger partial charge >= 0.3 is 0 Å². The zero-order valence-electron chi connectivity index (χ0n) is 14.2. The second kappa shape index (κ2) is 8.77. The quantitative estimate of drug-likeness (QED) is 0.839. The molecule has 1 amide bonds. The highest BCUT2D eigenvalue weighted by molar-refractivity contribution is 6.32. The second-order valence-electron chi connectivity index (χ2n) is 6.19. The summed E-state index contributed by atoms with van der Waals surface area (Å²) in [7, 11) is 0. The van der Waals surface area contributed by atoms with Crippen LogP contribution in [0, 0.1) is 0 Å². The van der Waals surface area contributed by atoms with Crippen LogP contribution in [-0.4, -0.2) is 25.6 Å². The van der Waals surface area contributed by atoms with Crippen LogP contribution in [0.15, 0.2) is 48.5 Å². The van der Waals surface area contributed by atoms with Gasteiger partial charge in [-0.25, -0.2) is 0 Å². The van der Waals surface area contributed by atoms with E-state index >= 15 is 0 Å². The summed E-state index contributed by atoms with van der Waals surface area (Å²) in [5, 5.41) is 3.47. The Morgan fingerprint density at radius 2 is 1.68 bits per heavy atom. The third kappa shape index (κ3) is 4.89. The number of halogens is 1. The van der Waals surface area contributed by atoms with Gasteiger partial charge in [0, 0.05) is 13.1 Å². The van der Waals surface area contributed by atoms with Gasteiger partial charge in [-0.3, -0.25) is 4.79 Å². The van der Waals surface area contributed by atoms with Gasteiger partial charge in [-0.05, 0) is 37.1 Å². The average Bonchev–Trinajstić information content (AvgIpc) is 2.91. The number of hydrogen-bond acceptors (Lipinski definition) is 3. The van der Waals surface area contributed by atoms with Gasteiger partial charge in [0.15, 0.2) is 6.61 Å². The lowest BCUT2D eigenvalue weighted by Gasteiger charge is -2.25. The van der Waals surface area contributed by atoms with E-state index in [4.69, 9.17) is 16.3 Å². The highest BCUT2D eigenvalue weighted by atomic mass is 35.5. The van der Waals surface area contributed by atoms with Crippen molar-refractivity contribution in [2.75, 3.05) is 29.9 Å². The SMILES string of the molecule is O=C(COc1ccccc1Cl)Nc1ccccc1N1CCCCCC1. The summed E-state index contributed by atoms with van der Waals surface area (Å²) in [6.07, 6.45) is 4.93. The molecule has 0 radical (unpaired) electrons. The molecule has 1 N–H and O–H groups in total. The number of nitrogens with one attached hydrogen (secondary N) is 1. The van der Waals surface area contributed by atoms with Crippen molar-refractivity contribution < 1.29 is 9.53 Å². The normalized spacial score (nSPS) is 14.7. The van der Waals surface area contributed by atoms with Gasteiger partial charge in [0.2, 0.25) is 0 Å². The number of hydrogen-bond donors (Lipinski definition) is 1. The van der Waals surface area contributed by atoms with E-state index in [1.807, 2.05) is 30.3 Å². The Balaban J connectivity index is 1.64. The molecule has 1 saturated heterocycles. The minimum Gasteiger partial charge on any atom is -0.482 e. The van der Waals surface area contributed by atoms with E-state index in [1.165, 1.54) is 25.7 Å². The predicted octanol–water partition coefficient (Wildman–Crippen LogP) is 4.74. The van der Waals surface area contributed by atoms with Crippen LogP contribution in [0.3, 0.4) is 0 Å². The van der Waals surface area contributed by atoms with Crippen molar-refractivity contribution in [3.05, 3.63) is 53.6 Å². The maximum Gasteiger partial charge on any atom is 0.262 e. The van der Waals surface area contributed by atoms with Crippen LogP contribution < -0.4 is 15.0 Å². The molecule has 0 bridgehead atoms. The number of nitrogens with zero attached hydrogens (tertiary/aromatic N) is 1. The molecule has 1 aliphatic rings. The standard InChI is InChI=1S/C20H23ClN2O2/c21-16-9-3-6-12-19(16)25-15-20(24)22-17-10-4-5-11-18(17)23-13-7-1-2-8-14-23/h3-6,9-12H,1-2,7-8,13-15H2,(H,22,24). The molecule has 3 rings (SSSR count). The Morgan fingerprint density at radius 3 is 2.44 bits per heavy atom. The lowest BCUT2D eigenvalue weighted by molar-refractivity contribution is -0.118. The molecule has 0 spiro atoms. The molecule has 0 aliphatic carbocycles. The number of para-hydroxylation sites is 3. The molecular formula is C20H23ClN2O2. The molecule has 1 aliphatic heterocycles. The van der Waals surface area contributed by atoms with E-state index in [9.17, 15) is 4.79 Å². The van der Waals surface area contributed by atoms with Crippen LogP contribution in [0.25, 0.3) is 0 Å². The first-order valence-corrected chi connectivity index (χ1v) is 9.13. The van der Waals surface area contributed by atoms with E-state index in [2.05, 4.69) is 16.3 Å². The van der Waals surface area contributed by atoms with Crippen LogP contribution >= 0.6 is 11.6 Å². The summed E-state index contributed by atoms with van der Waals surface area (Å²) < 4.78 is 5.52. The first-order chi connectivity index (χ1) is 12.2. The number of amides is 1. The lowest BCUT2D eigenvalue weighted by atomic mass is 10.2. The van der Waals surface area contributed by atoms with Gasteiger partial charge in [0.05, 0.1) is 16.4 Å². The van der Waals surface area contributed by atoms with Gasteiger partial charge in [-0.1, -0.05) is 48.7 Å². The fraction of sp³-hybridized carbons (Fsp3) is 0.350. The smallest absolute Gasteiger partial charge is 0.262 e. The average molecular weight is 359 g/mol. The minimum atomic E-state index is -0.192. The largest absolute Gasteiger partial charge is 0.482 e. The first-order valence-electron chi connectivity index (χ1n) is 8.75. The Hall–Kier alpha value is -2.20. The number of benzene rings is 2. The molecule has 0 aromatic heterocycles. The number of ether oxygens (including phenoxy) is 1. The fourth-order valence-corrected chi connectivity index (χ4v) is 3.25. The second-order valence-corrected chi connectivity index (χ2v) is 6.59. The molecule has 25 heavy (non-hydrogen) atoms. The molecule has 132 valence electrons. The lowest BCUT2D eigenvalue weighted by Crippen LogP contribution is -2.27. The van der Waals surface area contributed by atoms with Crippen LogP contribution in [0.4, 0.5) is 11.4 Å². The zero-order chi connectivity index (χ0) is 17.5. The number of carbonyl (C=O) groups excluding carboxylic acids is 1. The molecule has 0 unspecified atom stereocenters. The van der Waals surface area contributed by atoms with Gasteiger partial charge in [0.25, 0.3) is 5.91 Å². The zero-order valence-corrected chi connectivity index (χ0v) is 15.0. The third-order valence-electron chi connectivity index (χ3n) is 4.32. The topological polar surface area (TPSA) is 41.6 Å². The van der Waals surface area contributed by atoms with Crippen molar-refractivity contribution in [2.24, 2.45) is 0 Å². The molecular weight excluding hydrogens is 336 g/mol. The fourth-order valence-electron chi connectivity index (χ4n) is 3.06. The van der Waals surface area contributed by atoms with E-state index in [-0.39, 0.29) is 12.5 Å². The van der Waals surface area contributed by atoms with E-state index < -0.39 is 0 Å². The van der Waals surface area contributed by atoms with Gasteiger partial charge in [-0.2, -0.15) is 0 Å². The van der Waals surface area contributed by atoms with Crippen molar-refractivity contribution in [1.82, 2.24) is 0 Å². The highest BCUT2D eigenvalue weighted by Gasteiger charge is 2.15. The maximum absolute atomic E-state index is 12.3. The summed E-state index contributed by atoms with van der Waals surface area (Å²) >= 11 is 6.05. The van der Waals surface area contributed by atoms with Crippen LogP contribution in [0.2, 0.25) is 5.02 Å². The first kappa shape index (κ1) is 17.6. The van der Waals surface area contributed by atoms with Crippen molar-refractivity contribution in [1.29, 1.82) is 0 Å². The van der Waals surface area contributed by atoms with Crippen LogP contribution in [-0.2, 0) is 4.79 Å². The summed E-state index contributed by atoms with van der Waals surface area (Å²) in [6, 6.07) is 15.1. The van der Waals surface area contributed by atoms with Gasteiger partial charge in [-0.15, -0.1) is 0 Å². The molecule has 1 heterocycles. The molecule has 0 atom stereocenters. The van der Waals surface area contributed by atoms with Crippen molar-refractivity contribution in [3.63, 3.8) is 0 Å². The monoisotopic (exact) mass is 358 g/mol. The Bertz CT molecular complexity index is 712. The predicted molar refractivity (Wildman–Crippen MR) is 103 cm³/mol. The minimum absolute atomic E-state index is 0.0714. The molecule has 2 aromatic rings. The molecule has 1 fully saturated rings. The Morgan fingerprint density at radius 1 is 1.00 bits per heavy atom. The van der Waals surface area contributed by atoms with Crippen LogP contribution in [0.5, 0.6) is 5.75 Å². The van der Waals surface area contributed by atoms with Crippen LogP contribution in [0.1, 0.15) is 25.7 Å². The molecule has 2 aromatic carbocycles. The van der Waals surface area contributed by atoms with Crippen molar-refractivity contribution in [3.8, 4) is 5.75 Å². The molecule has 5 heteroatoms. The highest BCUT2D eigenvalue weighted by Crippen LogP contribution is 2.28. The summed E-state index contributed by atoms with van der Waals surface area (Å²) in [5.74, 6) is 0.322. The number of carbonyl (C=O) groups is 1. The van der Waals surface area contributed by atoms with Crippen molar-refractivity contribution >= 4 is 28.9 Å². The summed E-state index contributed by atoms with van der Waals surface area (Å²) in [6.45, 7) is 1.99. The van der Waals surface area contributed by atoms with E-state index in [0.717, 1.165) is 24.5 Å². The Kier molecular flexibility index (Phi) is 6.18. The summed E-state index contributed by atoms with van der Waals surface area (Å²) in [5.41, 5.74) is 1.91. The molecule has 4 nitrogen and oxygen atoms in total. The molecule has 0 saturated carbocycles. The summed E-state index contributed by atoms with van der Waals surface area (Å²) in [4.78, 5) is 14.7. The number of rotatable bonds is 5. The van der Waals surface area contributed by atoms with Crippen molar-refractivity contribution in [2.45, 2.75) is 25.7 Å². The Labute approximate surface area is 153 Å².